The summed E-state index contributed by atoms with van der Waals surface area (Å²) in [6.45, 7) is 0.306. The van der Waals surface area contributed by atoms with Crippen LogP contribution in [0.1, 0.15) is 25.7 Å². The Morgan fingerprint density at radius 3 is 2.83 bits per heavy atom. The number of hydrogen-bond donors (Lipinski definition) is 0. The van der Waals surface area contributed by atoms with E-state index in [1.807, 2.05) is 0 Å². The van der Waals surface area contributed by atoms with E-state index in [1.165, 1.54) is 6.08 Å². The van der Waals surface area contributed by atoms with E-state index in [0.29, 0.717) is 12.5 Å². The average molecular weight is 171 g/mol. The van der Waals surface area contributed by atoms with Crippen LogP contribution >= 0.6 is 0 Å². The minimum atomic E-state index is -0.213. The zero-order valence-corrected chi connectivity index (χ0v) is 7.13. The van der Waals surface area contributed by atoms with Gasteiger partial charge in [0.1, 0.15) is 0 Å². The highest BCUT2D eigenvalue weighted by Crippen LogP contribution is 2.34. The van der Waals surface area contributed by atoms with Gasteiger partial charge in [-0.3, -0.25) is 4.39 Å². The fourth-order valence-electron chi connectivity index (χ4n) is 1.97. The monoisotopic (exact) mass is 171 g/mol. The Morgan fingerprint density at radius 2 is 2.17 bits per heavy atom. The van der Waals surface area contributed by atoms with Crippen LogP contribution in [0.2, 0.25) is 0 Å². The van der Waals surface area contributed by atoms with E-state index < -0.39 is 0 Å². The number of alkyl halides is 1. The van der Waals surface area contributed by atoms with Gasteiger partial charge in [0, 0.05) is 0 Å². The Labute approximate surface area is 71.9 Å². The highest BCUT2D eigenvalue weighted by atomic mass is 19.1. The first-order chi connectivity index (χ1) is 5.88. The van der Waals surface area contributed by atoms with Gasteiger partial charge < -0.3 is 0 Å². The van der Waals surface area contributed by atoms with Crippen molar-refractivity contribution < 1.29 is 9.18 Å². The van der Waals surface area contributed by atoms with Gasteiger partial charge in [0.2, 0.25) is 6.08 Å². The standard InChI is InChI=1S/C9H14FNO/c10-6-9-3-1-2-8(9)4-5-11-7-12/h8-9H,1-6H2. The van der Waals surface area contributed by atoms with Crippen LogP contribution in [-0.4, -0.2) is 19.3 Å². The Balaban J connectivity index is 2.25. The van der Waals surface area contributed by atoms with Crippen LogP contribution in [0.4, 0.5) is 4.39 Å². The van der Waals surface area contributed by atoms with Gasteiger partial charge in [-0.2, -0.15) is 0 Å². The second kappa shape index (κ2) is 5.04. The summed E-state index contributed by atoms with van der Waals surface area (Å²) >= 11 is 0. The van der Waals surface area contributed by atoms with Crippen molar-refractivity contribution in [1.29, 1.82) is 0 Å². The van der Waals surface area contributed by atoms with Crippen molar-refractivity contribution in [2.24, 2.45) is 16.8 Å². The molecule has 2 nitrogen and oxygen atoms in total. The summed E-state index contributed by atoms with van der Waals surface area (Å²) in [5.74, 6) is 0.680. The molecule has 0 bridgehead atoms. The first-order valence-electron chi connectivity index (χ1n) is 4.48. The van der Waals surface area contributed by atoms with E-state index in [2.05, 4.69) is 4.99 Å². The number of hydrogen-bond acceptors (Lipinski definition) is 2. The van der Waals surface area contributed by atoms with Crippen molar-refractivity contribution in [3.05, 3.63) is 0 Å². The van der Waals surface area contributed by atoms with Crippen molar-refractivity contribution in [3.63, 3.8) is 0 Å². The minimum Gasteiger partial charge on any atom is -0.251 e. The number of halogens is 1. The number of aliphatic imine (C=N–C) groups is 1. The second-order valence-corrected chi connectivity index (χ2v) is 3.37. The summed E-state index contributed by atoms with van der Waals surface area (Å²) in [6, 6.07) is 0. The molecule has 0 heterocycles. The predicted octanol–water partition coefficient (Wildman–Crippen LogP) is 2.10. The normalized spacial score (nSPS) is 28.4. The maximum absolute atomic E-state index is 12.3. The number of carbonyl (C=O) groups excluding carboxylic acids is 1. The van der Waals surface area contributed by atoms with Gasteiger partial charge in [0.05, 0.1) is 13.2 Å². The van der Waals surface area contributed by atoms with Crippen molar-refractivity contribution in [2.75, 3.05) is 13.2 Å². The van der Waals surface area contributed by atoms with Gasteiger partial charge in [0.15, 0.2) is 0 Å². The van der Waals surface area contributed by atoms with Gasteiger partial charge in [0.25, 0.3) is 0 Å². The van der Waals surface area contributed by atoms with Crippen LogP contribution in [0.3, 0.4) is 0 Å². The van der Waals surface area contributed by atoms with Crippen LogP contribution in [0.5, 0.6) is 0 Å². The summed E-state index contributed by atoms with van der Waals surface area (Å²) in [5.41, 5.74) is 0. The molecular weight excluding hydrogens is 157 g/mol. The SMILES string of the molecule is O=C=NCCC1CCCC1CF. The smallest absolute Gasteiger partial charge is 0.234 e. The third kappa shape index (κ3) is 2.42. The summed E-state index contributed by atoms with van der Waals surface area (Å²) < 4.78 is 12.3. The molecule has 0 radical (unpaired) electrons. The van der Waals surface area contributed by atoms with Crippen LogP contribution in [0.15, 0.2) is 4.99 Å². The van der Waals surface area contributed by atoms with Crippen LogP contribution in [0, 0.1) is 11.8 Å². The van der Waals surface area contributed by atoms with E-state index in [9.17, 15) is 9.18 Å². The van der Waals surface area contributed by atoms with E-state index >= 15 is 0 Å². The maximum atomic E-state index is 12.3. The Morgan fingerprint density at radius 1 is 1.42 bits per heavy atom. The molecule has 1 aliphatic carbocycles. The molecule has 0 aromatic heterocycles. The van der Waals surface area contributed by atoms with Gasteiger partial charge in [-0.05, 0) is 24.7 Å². The molecule has 1 aliphatic rings. The van der Waals surface area contributed by atoms with Gasteiger partial charge in [-0.15, -0.1) is 0 Å². The molecule has 68 valence electrons. The van der Waals surface area contributed by atoms with E-state index in [4.69, 9.17) is 0 Å². The lowest BCUT2D eigenvalue weighted by atomic mass is 9.94. The molecule has 1 rings (SSSR count). The highest BCUT2D eigenvalue weighted by molar-refractivity contribution is 5.32. The fraction of sp³-hybridized carbons (Fsp3) is 0.889. The molecule has 0 aromatic carbocycles. The average Bonchev–Trinajstić information content (AvgIpc) is 2.52. The Kier molecular flexibility index (Phi) is 3.95. The zero-order chi connectivity index (χ0) is 8.81. The van der Waals surface area contributed by atoms with Crippen LogP contribution in [0.25, 0.3) is 0 Å². The highest BCUT2D eigenvalue weighted by Gasteiger charge is 2.26. The topological polar surface area (TPSA) is 29.4 Å². The van der Waals surface area contributed by atoms with E-state index in [0.717, 1.165) is 25.7 Å². The second-order valence-electron chi connectivity index (χ2n) is 3.37. The van der Waals surface area contributed by atoms with Crippen LogP contribution in [-0.2, 0) is 4.79 Å². The lowest BCUT2D eigenvalue weighted by Crippen LogP contribution is -2.10. The van der Waals surface area contributed by atoms with Crippen molar-refractivity contribution >= 4 is 6.08 Å². The minimum absolute atomic E-state index is 0.213. The molecule has 0 spiro atoms. The number of rotatable bonds is 4. The molecule has 1 fully saturated rings. The molecule has 0 aliphatic heterocycles. The molecule has 0 N–H and O–H groups in total. The molecule has 1 saturated carbocycles. The lowest BCUT2D eigenvalue weighted by molar-refractivity contribution is 0.286. The zero-order valence-electron chi connectivity index (χ0n) is 7.13. The van der Waals surface area contributed by atoms with Crippen molar-refractivity contribution in [1.82, 2.24) is 0 Å². The van der Waals surface area contributed by atoms with E-state index in [1.54, 1.807) is 0 Å². The molecular formula is C9H14FNO. The molecule has 0 aromatic rings. The molecule has 12 heavy (non-hydrogen) atoms. The molecule has 2 unspecified atom stereocenters. The number of isocyanates is 1. The molecule has 3 heteroatoms. The van der Waals surface area contributed by atoms with Gasteiger partial charge >= 0.3 is 0 Å². The molecule has 2 atom stereocenters. The predicted molar refractivity (Wildman–Crippen MR) is 44.4 cm³/mol. The first kappa shape index (κ1) is 9.40. The van der Waals surface area contributed by atoms with Crippen LogP contribution < -0.4 is 0 Å². The van der Waals surface area contributed by atoms with Gasteiger partial charge in [-0.25, -0.2) is 9.79 Å². The van der Waals surface area contributed by atoms with Gasteiger partial charge in [-0.1, -0.05) is 12.8 Å². The Hall–Kier alpha value is -0.690. The largest absolute Gasteiger partial charge is 0.251 e. The maximum Gasteiger partial charge on any atom is 0.234 e. The summed E-state index contributed by atoms with van der Waals surface area (Å²) in [7, 11) is 0. The quantitative estimate of drug-likeness (QED) is 0.470. The number of nitrogens with zero attached hydrogens (tertiary/aromatic N) is 1. The summed E-state index contributed by atoms with van der Waals surface area (Å²) in [4.78, 5) is 13.2. The first-order valence-corrected chi connectivity index (χ1v) is 4.48. The van der Waals surface area contributed by atoms with Crippen molar-refractivity contribution in [2.45, 2.75) is 25.7 Å². The summed E-state index contributed by atoms with van der Waals surface area (Å²) in [5, 5.41) is 0. The van der Waals surface area contributed by atoms with E-state index in [-0.39, 0.29) is 12.6 Å². The molecule has 0 saturated heterocycles. The third-order valence-corrected chi connectivity index (χ3v) is 2.69. The Bertz CT molecular complexity index is 177. The fourth-order valence-corrected chi connectivity index (χ4v) is 1.97. The van der Waals surface area contributed by atoms with Crippen molar-refractivity contribution in [3.8, 4) is 0 Å². The lowest BCUT2D eigenvalue weighted by Gasteiger charge is -2.13. The third-order valence-electron chi connectivity index (χ3n) is 2.69. The molecule has 0 amide bonds. The summed E-state index contributed by atoms with van der Waals surface area (Å²) in [6.07, 6.45) is 5.59.